The Kier molecular flexibility index (Phi) is 4.12. The predicted octanol–water partition coefficient (Wildman–Crippen LogP) is 3.34. The summed E-state index contributed by atoms with van der Waals surface area (Å²) in [6, 6.07) is 9.30. The molecule has 1 aromatic heterocycles. The van der Waals surface area contributed by atoms with E-state index in [4.69, 9.17) is 5.73 Å². The molecule has 0 fully saturated rings. The van der Waals surface area contributed by atoms with E-state index in [1.54, 1.807) is 12.1 Å². The second-order valence-electron chi connectivity index (χ2n) is 4.35. The lowest BCUT2D eigenvalue weighted by molar-refractivity contribution is -0.137. The number of nitrogens with one attached hydrogen (secondary N) is 1. The maximum absolute atomic E-state index is 12.5. The molecule has 3 nitrogen and oxygen atoms in total. The number of anilines is 2. The van der Waals surface area contributed by atoms with Gasteiger partial charge in [0.05, 0.1) is 5.56 Å². The van der Waals surface area contributed by atoms with Crippen LogP contribution in [0.3, 0.4) is 0 Å². The fourth-order valence-corrected chi connectivity index (χ4v) is 1.72. The van der Waals surface area contributed by atoms with E-state index in [1.807, 2.05) is 12.1 Å². The van der Waals surface area contributed by atoms with Gasteiger partial charge in [0.2, 0.25) is 0 Å². The average molecular weight is 281 g/mol. The Morgan fingerprint density at radius 2 is 1.80 bits per heavy atom. The summed E-state index contributed by atoms with van der Waals surface area (Å²) in [5.74, 6) is 0.218. The summed E-state index contributed by atoms with van der Waals surface area (Å²) >= 11 is 0. The summed E-state index contributed by atoms with van der Waals surface area (Å²) in [4.78, 5) is 3.87. The number of hydrogen-bond acceptors (Lipinski definition) is 3. The van der Waals surface area contributed by atoms with Crippen LogP contribution in [-0.4, -0.2) is 11.5 Å². The van der Waals surface area contributed by atoms with Crippen LogP contribution in [0.2, 0.25) is 0 Å². The molecule has 0 aliphatic heterocycles. The zero-order chi connectivity index (χ0) is 14.6. The standard InChI is InChI=1S/C14H14F3N3/c15-14(16,17)11-6-8-20-13(9-11)19-7-5-10-1-3-12(18)4-2-10/h1-4,6,8-9H,5,7,18H2,(H,19,20). The molecule has 0 aliphatic rings. The lowest BCUT2D eigenvalue weighted by Gasteiger charge is -2.09. The second-order valence-corrected chi connectivity index (χ2v) is 4.35. The third kappa shape index (κ3) is 3.88. The van der Waals surface area contributed by atoms with Gasteiger partial charge in [0.15, 0.2) is 0 Å². The third-order valence-corrected chi connectivity index (χ3v) is 2.79. The average Bonchev–Trinajstić information content (AvgIpc) is 2.40. The number of hydrogen-bond donors (Lipinski definition) is 2. The molecule has 0 aliphatic carbocycles. The maximum atomic E-state index is 12.5. The summed E-state index contributed by atoms with van der Waals surface area (Å²) in [5, 5.41) is 2.88. The van der Waals surface area contributed by atoms with Crippen molar-refractivity contribution in [1.82, 2.24) is 4.98 Å². The van der Waals surface area contributed by atoms with E-state index < -0.39 is 11.7 Å². The number of aromatic nitrogens is 1. The van der Waals surface area contributed by atoms with Gasteiger partial charge in [-0.05, 0) is 36.2 Å². The molecule has 0 saturated heterocycles. The first-order chi connectivity index (χ1) is 9.45. The molecule has 2 rings (SSSR count). The molecule has 0 spiro atoms. The minimum Gasteiger partial charge on any atom is -0.399 e. The van der Waals surface area contributed by atoms with Gasteiger partial charge in [-0.1, -0.05) is 12.1 Å². The molecular formula is C14H14F3N3. The van der Waals surface area contributed by atoms with Crippen LogP contribution in [-0.2, 0) is 12.6 Å². The number of rotatable bonds is 4. The lowest BCUT2D eigenvalue weighted by Crippen LogP contribution is -2.09. The Bertz CT molecular complexity index is 565. The summed E-state index contributed by atoms with van der Waals surface area (Å²) in [5.41, 5.74) is 6.60. The SMILES string of the molecule is Nc1ccc(CCNc2cc(C(F)(F)F)ccn2)cc1. The molecule has 1 heterocycles. The van der Waals surface area contributed by atoms with E-state index in [1.165, 1.54) is 0 Å². The molecule has 0 bridgehead atoms. The molecule has 20 heavy (non-hydrogen) atoms. The third-order valence-electron chi connectivity index (χ3n) is 2.79. The van der Waals surface area contributed by atoms with Crippen molar-refractivity contribution in [1.29, 1.82) is 0 Å². The minimum atomic E-state index is -4.35. The van der Waals surface area contributed by atoms with E-state index in [0.29, 0.717) is 18.7 Å². The van der Waals surface area contributed by atoms with Gasteiger partial charge in [0, 0.05) is 18.4 Å². The van der Waals surface area contributed by atoms with Gasteiger partial charge in [0.1, 0.15) is 5.82 Å². The fourth-order valence-electron chi connectivity index (χ4n) is 1.72. The van der Waals surface area contributed by atoms with Crippen molar-refractivity contribution in [3.8, 4) is 0 Å². The van der Waals surface area contributed by atoms with Crippen molar-refractivity contribution in [2.24, 2.45) is 0 Å². The largest absolute Gasteiger partial charge is 0.416 e. The van der Waals surface area contributed by atoms with Crippen LogP contribution >= 0.6 is 0 Å². The Hall–Kier alpha value is -2.24. The van der Waals surface area contributed by atoms with Gasteiger partial charge in [-0.15, -0.1) is 0 Å². The quantitative estimate of drug-likeness (QED) is 0.845. The first kappa shape index (κ1) is 14.2. The Labute approximate surface area is 114 Å². The van der Waals surface area contributed by atoms with Crippen molar-refractivity contribution in [3.63, 3.8) is 0 Å². The van der Waals surface area contributed by atoms with Gasteiger partial charge in [-0.2, -0.15) is 13.2 Å². The maximum Gasteiger partial charge on any atom is 0.416 e. The van der Waals surface area contributed by atoms with Crippen LogP contribution in [0, 0.1) is 0 Å². The highest BCUT2D eigenvalue weighted by molar-refractivity contribution is 5.41. The molecule has 1 aromatic carbocycles. The number of nitrogen functional groups attached to an aromatic ring is 1. The van der Waals surface area contributed by atoms with Crippen molar-refractivity contribution in [3.05, 3.63) is 53.7 Å². The number of alkyl halides is 3. The molecular weight excluding hydrogens is 267 g/mol. The Morgan fingerprint density at radius 3 is 2.45 bits per heavy atom. The number of pyridine rings is 1. The minimum absolute atomic E-state index is 0.218. The van der Waals surface area contributed by atoms with Crippen LogP contribution in [0.15, 0.2) is 42.6 Å². The van der Waals surface area contributed by atoms with Crippen LogP contribution < -0.4 is 11.1 Å². The first-order valence-corrected chi connectivity index (χ1v) is 6.07. The van der Waals surface area contributed by atoms with Crippen molar-refractivity contribution in [2.75, 3.05) is 17.6 Å². The van der Waals surface area contributed by atoms with Crippen molar-refractivity contribution in [2.45, 2.75) is 12.6 Å². The number of nitrogens with two attached hydrogens (primary N) is 1. The van der Waals surface area contributed by atoms with Crippen LogP contribution in [0.1, 0.15) is 11.1 Å². The van der Waals surface area contributed by atoms with Crippen molar-refractivity contribution < 1.29 is 13.2 Å². The second kappa shape index (κ2) is 5.81. The van der Waals surface area contributed by atoms with Crippen molar-refractivity contribution >= 4 is 11.5 Å². The predicted molar refractivity (Wildman–Crippen MR) is 72.3 cm³/mol. The van der Waals surface area contributed by atoms with E-state index >= 15 is 0 Å². The van der Waals surface area contributed by atoms with E-state index in [9.17, 15) is 13.2 Å². The molecule has 0 radical (unpaired) electrons. The van der Waals surface area contributed by atoms with Gasteiger partial charge >= 0.3 is 6.18 Å². The van der Waals surface area contributed by atoms with Crippen LogP contribution in [0.4, 0.5) is 24.7 Å². The van der Waals surface area contributed by atoms with E-state index in [2.05, 4.69) is 10.3 Å². The summed E-state index contributed by atoms with van der Waals surface area (Å²) in [6.45, 7) is 0.498. The monoisotopic (exact) mass is 281 g/mol. The smallest absolute Gasteiger partial charge is 0.399 e. The van der Waals surface area contributed by atoms with E-state index in [0.717, 1.165) is 23.9 Å². The van der Waals surface area contributed by atoms with E-state index in [-0.39, 0.29) is 5.82 Å². The van der Waals surface area contributed by atoms with Crippen LogP contribution in [0.5, 0.6) is 0 Å². The van der Waals surface area contributed by atoms with Gasteiger partial charge in [-0.3, -0.25) is 0 Å². The Balaban J connectivity index is 1.93. The van der Waals surface area contributed by atoms with Gasteiger partial charge < -0.3 is 11.1 Å². The molecule has 0 atom stereocenters. The molecule has 6 heteroatoms. The molecule has 0 saturated carbocycles. The Morgan fingerprint density at radius 1 is 1.10 bits per heavy atom. The highest BCUT2D eigenvalue weighted by Gasteiger charge is 2.30. The zero-order valence-electron chi connectivity index (χ0n) is 10.6. The molecule has 0 amide bonds. The number of halogens is 3. The molecule has 0 unspecified atom stereocenters. The molecule has 106 valence electrons. The topological polar surface area (TPSA) is 50.9 Å². The lowest BCUT2D eigenvalue weighted by atomic mass is 10.1. The highest BCUT2D eigenvalue weighted by atomic mass is 19.4. The normalized spacial score (nSPS) is 11.3. The first-order valence-electron chi connectivity index (χ1n) is 6.07. The zero-order valence-corrected chi connectivity index (χ0v) is 10.6. The van der Waals surface area contributed by atoms with Crippen LogP contribution in [0.25, 0.3) is 0 Å². The fraction of sp³-hybridized carbons (Fsp3) is 0.214. The summed E-state index contributed by atoms with van der Waals surface area (Å²) < 4.78 is 37.6. The van der Waals surface area contributed by atoms with Gasteiger partial charge in [-0.25, -0.2) is 4.98 Å². The molecule has 2 aromatic rings. The number of nitrogens with zero attached hydrogens (tertiary/aromatic N) is 1. The summed E-state index contributed by atoms with van der Waals surface area (Å²) in [6.07, 6.45) is -2.52. The summed E-state index contributed by atoms with van der Waals surface area (Å²) in [7, 11) is 0. The van der Waals surface area contributed by atoms with Gasteiger partial charge in [0.25, 0.3) is 0 Å². The highest BCUT2D eigenvalue weighted by Crippen LogP contribution is 2.29. The molecule has 3 N–H and O–H groups in total. The number of benzene rings is 1.